The van der Waals surface area contributed by atoms with E-state index in [1.807, 2.05) is 121 Å². The normalized spacial score (nSPS) is 14.4. The second kappa shape index (κ2) is 31.5. The summed E-state index contributed by atoms with van der Waals surface area (Å²) in [5, 5.41) is 8.45. The van der Waals surface area contributed by atoms with Gasteiger partial charge in [0.25, 0.3) is 0 Å². The molecule has 0 unspecified atom stereocenters. The van der Waals surface area contributed by atoms with Gasteiger partial charge in [0.15, 0.2) is 52.4 Å². The number of benzene rings is 16. The van der Waals surface area contributed by atoms with Crippen LogP contribution in [0.5, 0.6) is 0 Å². The highest BCUT2D eigenvalue weighted by atomic mass is 16.3. The van der Waals surface area contributed by atoms with Crippen LogP contribution in [0.4, 0.5) is 0 Å². The van der Waals surface area contributed by atoms with Crippen LogP contribution in [0.25, 0.3) is 246 Å². The first-order valence-electron chi connectivity index (χ1n) is 49.5. The van der Waals surface area contributed by atoms with E-state index >= 15 is 0 Å². The Hall–Kier alpha value is -18.0. The monoisotopic (exact) mass is 1870 g/mol. The Morgan fingerprint density at radius 1 is 0.159 bits per heavy atom. The highest BCUT2D eigenvalue weighted by Gasteiger charge is 2.42. The van der Waals surface area contributed by atoms with Gasteiger partial charge in [-0.2, -0.15) is 0 Å². The van der Waals surface area contributed by atoms with E-state index in [4.69, 9.17) is 62.5 Å². The van der Waals surface area contributed by atoms with Crippen LogP contribution in [0.15, 0.2) is 388 Å². The minimum absolute atomic E-state index is 0.0785. The van der Waals surface area contributed by atoms with Gasteiger partial charge >= 0.3 is 0 Å². The molecular formula is C130H91N11O4. The van der Waals surface area contributed by atoms with Crippen molar-refractivity contribution >= 4 is 87.8 Å². The summed E-state index contributed by atoms with van der Waals surface area (Å²) in [6, 6.07) is 125. The van der Waals surface area contributed by atoms with E-state index in [1.54, 1.807) is 12.4 Å². The van der Waals surface area contributed by atoms with Crippen LogP contribution in [0.1, 0.15) is 125 Å². The van der Waals surface area contributed by atoms with Gasteiger partial charge in [0.1, 0.15) is 56.1 Å². The maximum atomic E-state index is 6.55. The topological polar surface area (TPSA) is 194 Å². The Bertz CT molecular complexity index is 9770. The number of aromatic nitrogens is 11. The van der Waals surface area contributed by atoms with E-state index in [0.29, 0.717) is 63.8 Å². The lowest BCUT2D eigenvalue weighted by atomic mass is 9.82. The number of rotatable bonds is 9. The van der Waals surface area contributed by atoms with Crippen molar-refractivity contribution in [2.75, 3.05) is 0 Å². The first-order chi connectivity index (χ1) is 70.6. The van der Waals surface area contributed by atoms with Gasteiger partial charge in [-0.15, -0.1) is 0 Å². The number of hydrogen-bond donors (Lipinski definition) is 0. The average molecular weight is 1870 g/mol. The highest BCUT2D eigenvalue weighted by molar-refractivity contribution is 6.13. The van der Waals surface area contributed by atoms with Crippen molar-refractivity contribution < 1.29 is 17.7 Å². The molecule has 25 aromatic rings. The Morgan fingerprint density at radius 3 is 0.814 bits per heavy atom. The molecule has 15 heteroatoms. The van der Waals surface area contributed by atoms with Crippen LogP contribution >= 0.6 is 0 Å². The lowest BCUT2D eigenvalue weighted by Crippen LogP contribution is -2.15. The summed E-state index contributed by atoms with van der Waals surface area (Å²) in [5.41, 5.74) is 39.8. The maximum absolute atomic E-state index is 6.55. The molecule has 0 amide bonds. The van der Waals surface area contributed by atoms with Gasteiger partial charge in [-0.3, -0.25) is 9.97 Å². The zero-order valence-corrected chi connectivity index (χ0v) is 81.3. The van der Waals surface area contributed by atoms with Crippen molar-refractivity contribution in [3.05, 3.63) is 426 Å². The lowest BCUT2D eigenvalue weighted by Gasteiger charge is -2.21. The third-order valence-electron chi connectivity index (χ3n) is 31.3. The predicted octanol–water partition coefficient (Wildman–Crippen LogP) is 32.5. The van der Waals surface area contributed by atoms with Crippen molar-refractivity contribution in [2.45, 2.75) is 96.3 Å². The number of nitrogens with zero attached hydrogens (tertiary/aromatic N) is 11. The molecule has 0 aliphatic heterocycles. The quantitative estimate of drug-likeness (QED) is 0.132. The molecule has 30 rings (SSSR count). The molecule has 145 heavy (non-hydrogen) atoms. The summed E-state index contributed by atoms with van der Waals surface area (Å²) >= 11 is 0. The van der Waals surface area contributed by atoms with Crippen LogP contribution in [0.2, 0.25) is 0 Å². The first-order valence-corrected chi connectivity index (χ1v) is 49.5. The smallest absolute Gasteiger partial charge is 0.182 e. The molecule has 0 N–H and O–H groups in total. The molecule has 16 aromatic carbocycles. The fourth-order valence-electron chi connectivity index (χ4n) is 23.8. The van der Waals surface area contributed by atoms with Crippen LogP contribution in [0.3, 0.4) is 0 Å². The van der Waals surface area contributed by atoms with Crippen molar-refractivity contribution in [2.24, 2.45) is 0 Å². The highest BCUT2D eigenvalue weighted by Crippen LogP contribution is 2.58. The largest absolute Gasteiger partial charge is 0.456 e. The minimum Gasteiger partial charge on any atom is -0.456 e. The standard InChI is InChI=1S/C51H35N3O2.C44H32N4O.C35H24N4O/c1-50(2)39-17-8-5-12-30(39)32-22-20-29(25-41(32)50)48-52-47(53-49(54-48)35-16-11-15-34-33-14-7-10-19-43(33)56-46(34)35)28-21-23-44-37(24-28)38-26-36-31-13-6-9-18-40(31)51(3,4)42(36)27-45(38)55-44;1-43(2)33-13-7-5-11-27(33)29-18-16-26(22-35(29)43)41-46-40(47-42(48-41)37-15-9-10-20-45-37)25-17-19-38-31(21-25)32-23-30-28-12-6-8-14-34(28)44(3,4)36(30)24-39(32)49-38;1-35(2)27-13-7-6-12-23(27)24-19-26-25-18-22(15-16-30(25)40-31(26)20-28(24)35)33-37-32(21-10-4-3-5-11-21)38-34(39-33)29-14-8-9-17-36-29/h5-27H,1-4H3;5-24H,1-4H3;3-20H,1-2H3. The minimum atomic E-state index is -0.163. The van der Waals surface area contributed by atoms with E-state index in [9.17, 15) is 0 Å². The second-order valence-electron chi connectivity index (χ2n) is 41.5. The SMILES string of the molecule is CC1(C)c2ccccc2-c2cc3c(cc21)oc1ccc(-c2nc(-c4ccccc4)nc(-c4ccccn4)n2)cc13.CC1(C)c2ccccc2-c2ccc(-c3nc(-c4ccc5oc6cc7c(cc6c5c4)-c4ccccc4C7(C)C)nc(-c4cccc5c4oc4ccccc45)n3)cc21.CC1(C)c2ccccc2-c2ccc(-c3nc(-c4ccc5oc6cc7c(cc6c5c4)-c4ccccc4C7(C)C)nc(-c4ccccn4)n3)cc21. The molecule has 690 valence electrons. The number of furan rings is 4. The Kier molecular flexibility index (Phi) is 18.5. The Labute approximate surface area is 835 Å². The van der Waals surface area contributed by atoms with Gasteiger partial charge < -0.3 is 17.7 Å². The summed E-state index contributed by atoms with van der Waals surface area (Å²) in [6.07, 6.45) is 3.53. The van der Waals surface area contributed by atoms with Crippen molar-refractivity contribution in [3.8, 4) is 158 Å². The molecule has 0 atom stereocenters. The van der Waals surface area contributed by atoms with Crippen LogP contribution < -0.4 is 0 Å². The fraction of sp³-hybridized carbons (Fsp3) is 0.115. The van der Waals surface area contributed by atoms with Crippen molar-refractivity contribution in [3.63, 3.8) is 0 Å². The van der Waals surface area contributed by atoms with Gasteiger partial charge in [0.05, 0.1) is 5.56 Å². The summed E-state index contributed by atoms with van der Waals surface area (Å²) in [5.74, 6) is 5.26. The first kappa shape index (κ1) is 85.1. The summed E-state index contributed by atoms with van der Waals surface area (Å²) in [6.45, 7) is 22.9. The Morgan fingerprint density at radius 2 is 0.434 bits per heavy atom. The Balaban J connectivity index is 0.000000107. The third-order valence-corrected chi connectivity index (χ3v) is 31.3. The van der Waals surface area contributed by atoms with Gasteiger partial charge in [-0.05, 0) is 251 Å². The molecule has 0 fully saturated rings. The molecule has 9 heterocycles. The summed E-state index contributed by atoms with van der Waals surface area (Å²) < 4.78 is 25.9. The van der Waals surface area contributed by atoms with Crippen LogP contribution in [-0.4, -0.2) is 54.8 Å². The number of hydrogen-bond acceptors (Lipinski definition) is 15. The van der Waals surface area contributed by atoms with Gasteiger partial charge in [-0.25, -0.2) is 44.9 Å². The maximum Gasteiger partial charge on any atom is 0.182 e. The molecule has 5 aliphatic rings. The van der Waals surface area contributed by atoms with E-state index in [-0.39, 0.29) is 27.1 Å². The molecule has 15 nitrogen and oxygen atoms in total. The average Bonchev–Trinajstić information content (AvgIpc) is 1.57. The molecule has 0 radical (unpaired) electrons. The molecule has 0 saturated carbocycles. The fourth-order valence-corrected chi connectivity index (χ4v) is 23.8. The van der Waals surface area contributed by atoms with E-state index in [2.05, 4.69) is 316 Å². The zero-order chi connectivity index (χ0) is 97.4. The lowest BCUT2D eigenvalue weighted by molar-refractivity contribution is 0.647. The van der Waals surface area contributed by atoms with Gasteiger partial charge in [0.2, 0.25) is 0 Å². The molecule has 0 spiro atoms. The molecular weight excluding hydrogens is 1780 g/mol. The number of para-hydroxylation sites is 2. The molecule has 9 aromatic heterocycles. The van der Waals surface area contributed by atoms with Crippen molar-refractivity contribution in [1.82, 2.24) is 54.8 Å². The van der Waals surface area contributed by atoms with Crippen LogP contribution in [0, 0.1) is 0 Å². The van der Waals surface area contributed by atoms with E-state index in [0.717, 1.165) is 127 Å². The summed E-state index contributed by atoms with van der Waals surface area (Å²) in [7, 11) is 0. The van der Waals surface area contributed by atoms with Crippen molar-refractivity contribution in [1.29, 1.82) is 0 Å². The number of pyridine rings is 2. The van der Waals surface area contributed by atoms with E-state index < -0.39 is 0 Å². The van der Waals surface area contributed by atoms with E-state index in [1.165, 1.54) is 111 Å². The third kappa shape index (κ3) is 13.2. The second-order valence-corrected chi connectivity index (χ2v) is 41.5. The van der Waals surface area contributed by atoms with Crippen LogP contribution in [-0.2, 0) is 27.1 Å². The molecule has 0 bridgehead atoms. The zero-order valence-electron chi connectivity index (χ0n) is 81.3. The van der Waals surface area contributed by atoms with Gasteiger partial charge in [-0.1, -0.05) is 288 Å². The molecule has 5 aliphatic carbocycles. The predicted molar refractivity (Wildman–Crippen MR) is 581 cm³/mol. The number of fused-ring (bicyclic) bond motifs is 27. The summed E-state index contributed by atoms with van der Waals surface area (Å²) in [4.78, 5) is 54.4. The molecule has 0 saturated heterocycles. The van der Waals surface area contributed by atoms with Gasteiger partial charge in [0, 0.05) is 116 Å².